The second kappa shape index (κ2) is 7.88. The van der Waals surface area contributed by atoms with Gasteiger partial charge < -0.3 is 14.5 Å². The van der Waals surface area contributed by atoms with Crippen molar-refractivity contribution in [2.24, 2.45) is 5.92 Å². The molecule has 2 aromatic rings. The molecule has 1 N–H and O–H groups in total. The number of benzene rings is 1. The molecule has 2 rings (SSSR count). The van der Waals surface area contributed by atoms with Gasteiger partial charge in [0.15, 0.2) is 16.7 Å². The number of nitrogens with zero attached hydrogens (tertiary/aromatic N) is 2. The van der Waals surface area contributed by atoms with Crippen LogP contribution in [0.2, 0.25) is 0 Å². The zero-order chi connectivity index (χ0) is 17.7. The number of aromatic nitrogens is 2. The topological polar surface area (TPSA) is 88.0 Å². The molecule has 0 amide bonds. The Morgan fingerprint density at radius 3 is 2.71 bits per heavy atom. The van der Waals surface area contributed by atoms with Crippen LogP contribution in [-0.2, 0) is 0 Å². The van der Waals surface area contributed by atoms with E-state index in [0.29, 0.717) is 40.4 Å². The van der Waals surface area contributed by atoms with Gasteiger partial charge in [0.05, 0.1) is 19.4 Å². The highest BCUT2D eigenvalue weighted by Crippen LogP contribution is 2.33. The molecule has 0 saturated carbocycles. The number of H-pyrrole nitrogens is 1. The average Bonchev–Trinajstić information content (AvgIpc) is 2.58. The number of rotatable bonds is 6. The Labute approximate surface area is 144 Å². The van der Waals surface area contributed by atoms with E-state index in [0.717, 1.165) is 0 Å². The van der Waals surface area contributed by atoms with Crippen LogP contribution in [0.15, 0.2) is 28.2 Å². The lowest BCUT2D eigenvalue weighted by atomic mass is 10.1. The molecule has 0 bridgehead atoms. The molecule has 0 unspecified atom stereocenters. The molecule has 0 spiro atoms. The number of aromatic amines is 1. The van der Waals surface area contributed by atoms with E-state index in [2.05, 4.69) is 23.8 Å². The first-order chi connectivity index (χ1) is 11.5. The molecule has 7 heteroatoms. The zero-order valence-electron chi connectivity index (χ0n) is 14.0. The molecule has 1 aromatic heterocycles. The van der Waals surface area contributed by atoms with E-state index >= 15 is 0 Å². The van der Waals surface area contributed by atoms with E-state index in [1.165, 1.54) is 11.8 Å². The van der Waals surface area contributed by atoms with Crippen molar-refractivity contribution >= 4 is 11.8 Å². The molecule has 0 atom stereocenters. The molecule has 6 nitrogen and oxygen atoms in total. The normalized spacial score (nSPS) is 10.5. The van der Waals surface area contributed by atoms with Gasteiger partial charge in [-0.15, -0.1) is 0 Å². The van der Waals surface area contributed by atoms with Gasteiger partial charge >= 0.3 is 0 Å². The molecule has 24 heavy (non-hydrogen) atoms. The molecule has 0 aliphatic carbocycles. The first kappa shape index (κ1) is 17.9. The van der Waals surface area contributed by atoms with Gasteiger partial charge in [0.25, 0.3) is 5.56 Å². The van der Waals surface area contributed by atoms with Crippen molar-refractivity contribution in [3.63, 3.8) is 0 Å². The van der Waals surface area contributed by atoms with E-state index in [1.54, 1.807) is 31.6 Å². The van der Waals surface area contributed by atoms with Crippen LogP contribution in [0.4, 0.5) is 0 Å². The summed E-state index contributed by atoms with van der Waals surface area (Å²) in [7, 11) is 1.55. The summed E-state index contributed by atoms with van der Waals surface area (Å²) in [6.07, 6.45) is 1.80. The fourth-order valence-corrected chi connectivity index (χ4v) is 2.43. The van der Waals surface area contributed by atoms with Crippen molar-refractivity contribution in [2.75, 3.05) is 20.0 Å². The molecular weight excluding hydrogens is 326 g/mol. The summed E-state index contributed by atoms with van der Waals surface area (Å²) in [5, 5.41) is 9.73. The molecule has 0 radical (unpaired) electrons. The van der Waals surface area contributed by atoms with E-state index in [4.69, 9.17) is 9.47 Å². The molecule has 1 aromatic carbocycles. The van der Waals surface area contributed by atoms with Gasteiger partial charge in [-0.25, -0.2) is 4.98 Å². The van der Waals surface area contributed by atoms with E-state index in [1.807, 2.05) is 6.07 Å². The van der Waals surface area contributed by atoms with Crippen molar-refractivity contribution in [3.05, 3.63) is 34.1 Å². The van der Waals surface area contributed by atoms with Gasteiger partial charge in [0.1, 0.15) is 11.6 Å². The second-order valence-electron chi connectivity index (χ2n) is 5.48. The van der Waals surface area contributed by atoms with E-state index < -0.39 is 5.56 Å². The molecule has 0 aliphatic heterocycles. The van der Waals surface area contributed by atoms with Crippen molar-refractivity contribution in [1.82, 2.24) is 9.97 Å². The maximum atomic E-state index is 12.0. The summed E-state index contributed by atoms with van der Waals surface area (Å²) in [5.41, 5.74) is 0.484. The van der Waals surface area contributed by atoms with Crippen molar-refractivity contribution in [1.29, 1.82) is 5.26 Å². The number of methoxy groups -OCH3 is 1. The lowest BCUT2D eigenvalue weighted by Gasteiger charge is -2.14. The first-order valence-corrected chi connectivity index (χ1v) is 8.62. The van der Waals surface area contributed by atoms with Crippen LogP contribution in [0.1, 0.15) is 19.4 Å². The number of hydrogen-bond donors (Lipinski definition) is 1. The second-order valence-corrected chi connectivity index (χ2v) is 6.28. The lowest BCUT2D eigenvalue weighted by molar-refractivity contribution is 0.257. The van der Waals surface area contributed by atoms with Crippen molar-refractivity contribution in [2.45, 2.75) is 19.0 Å². The van der Waals surface area contributed by atoms with Gasteiger partial charge in [-0.05, 0) is 30.4 Å². The van der Waals surface area contributed by atoms with E-state index in [9.17, 15) is 10.1 Å². The number of hydrogen-bond acceptors (Lipinski definition) is 6. The third kappa shape index (κ3) is 3.89. The van der Waals surface area contributed by atoms with Crippen LogP contribution < -0.4 is 15.0 Å². The van der Waals surface area contributed by atoms with Crippen molar-refractivity contribution in [3.8, 4) is 28.8 Å². The minimum Gasteiger partial charge on any atom is -0.493 e. The molecule has 0 aliphatic rings. The Balaban J connectivity index is 2.52. The molecule has 0 fully saturated rings. The predicted octanol–water partition coefficient (Wildman–Crippen LogP) is 3.07. The monoisotopic (exact) mass is 345 g/mol. The standard InChI is InChI=1S/C17H19N3O3S/c1-10(2)9-23-13-6-5-11(7-14(13)22-3)15-12(8-18)16(21)20-17(19-15)24-4/h5-7,10H,9H2,1-4H3,(H,19,20,21). The Morgan fingerprint density at radius 2 is 2.12 bits per heavy atom. The van der Waals surface area contributed by atoms with Gasteiger partial charge in [-0.3, -0.25) is 4.79 Å². The van der Waals surface area contributed by atoms with Gasteiger partial charge in [-0.1, -0.05) is 25.6 Å². The maximum Gasteiger partial charge on any atom is 0.270 e. The Hall–Kier alpha value is -2.46. The summed E-state index contributed by atoms with van der Waals surface area (Å²) in [4.78, 5) is 19.0. The van der Waals surface area contributed by atoms with Crippen LogP contribution in [0.25, 0.3) is 11.3 Å². The highest BCUT2D eigenvalue weighted by Gasteiger charge is 2.15. The van der Waals surface area contributed by atoms with Crippen LogP contribution in [-0.4, -0.2) is 29.9 Å². The minimum absolute atomic E-state index is 0.0225. The molecule has 1 heterocycles. The van der Waals surface area contributed by atoms with Crippen LogP contribution in [0.5, 0.6) is 11.5 Å². The SMILES string of the molecule is COc1cc(-c2nc(SC)[nH]c(=O)c2C#N)ccc1OCC(C)C. The third-order valence-electron chi connectivity index (χ3n) is 3.21. The number of nitrogens with one attached hydrogen (secondary N) is 1. The average molecular weight is 345 g/mol. The molecule has 0 saturated heterocycles. The van der Waals surface area contributed by atoms with Gasteiger partial charge in [0, 0.05) is 5.56 Å². The number of nitriles is 1. The number of ether oxygens (including phenoxy) is 2. The van der Waals surface area contributed by atoms with E-state index in [-0.39, 0.29) is 5.56 Å². The zero-order valence-corrected chi connectivity index (χ0v) is 14.9. The van der Waals surface area contributed by atoms with Crippen LogP contribution in [0, 0.1) is 17.2 Å². The molecule has 126 valence electrons. The minimum atomic E-state index is -0.453. The Kier molecular flexibility index (Phi) is 5.88. The summed E-state index contributed by atoms with van der Waals surface area (Å²) in [5.74, 6) is 1.53. The van der Waals surface area contributed by atoms with Crippen LogP contribution >= 0.6 is 11.8 Å². The quantitative estimate of drug-likeness (QED) is 0.639. The lowest BCUT2D eigenvalue weighted by Crippen LogP contribution is -2.14. The third-order valence-corrected chi connectivity index (χ3v) is 3.79. The Morgan fingerprint density at radius 1 is 1.38 bits per heavy atom. The highest BCUT2D eigenvalue weighted by atomic mass is 32.2. The largest absolute Gasteiger partial charge is 0.493 e. The highest BCUT2D eigenvalue weighted by molar-refractivity contribution is 7.98. The Bertz CT molecular complexity index is 825. The van der Waals surface area contributed by atoms with Gasteiger partial charge in [-0.2, -0.15) is 5.26 Å². The predicted molar refractivity (Wildman–Crippen MR) is 93.7 cm³/mol. The maximum absolute atomic E-state index is 12.0. The number of thioether (sulfide) groups is 1. The first-order valence-electron chi connectivity index (χ1n) is 7.39. The van der Waals surface area contributed by atoms with Gasteiger partial charge in [0.2, 0.25) is 0 Å². The summed E-state index contributed by atoms with van der Waals surface area (Å²) >= 11 is 1.30. The summed E-state index contributed by atoms with van der Waals surface area (Å²) < 4.78 is 11.1. The van der Waals surface area contributed by atoms with Crippen molar-refractivity contribution < 1.29 is 9.47 Å². The summed E-state index contributed by atoms with van der Waals surface area (Å²) in [6, 6.07) is 7.17. The fraction of sp³-hybridized carbons (Fsp3) is 0.353. The molecular formula is C17H19N3O3S. The van der Waals surface area contributed by atoms with Crippen LogP contribution in [0.3, 0.4) is 0 Å². The fourth-order valence-electron chi connectivity index (χ4n) is 2.05. The smallest absolute Gasteiger partial charge is 0.270 e. The summed E-state index contributed by atoms with van der Waals surface area (Å²) in [6.45, 7) is 4.69.